The fourth-order valence-corrected chi connectivity index (χ4v) is 1.99. The second-order valence-corrected chi connectivity index (χ2v) is 6.27. The van der Waals surface area contributed by atoms with Crippen LogP contribution in [-0.4, -0.2) is 38.0 Å². The summed E-state index contributed by atoms with van der Waals surface area (Å²) < 4.78 is 21.7. The van der Waals surface area contributed by atoms with Crippen LogP contribution in [-0.2, 0) is 9.84 Å². The first kappa shape index (κ1) is 14.3. The zero-order valence-electron chi connectivity index (χ0n) is 10.0. The molecular weight excluding hydrogens is 256 g/mol. The third kappa shape index (κ3) is 4.62. The van der Waals surface area contributed by atoms with Gasteiger partial charge in [-0.3, -0.25) is 4.79 Å². The molecule has 4 N–H and O–H groups in total. The summed E-state index contributed by atoms with van der Waals surface area (Å²) in [5.74, 6) is -0.502. The van der Waals surface area contributed by atoms with Crippen molar-refractivity contribution in [3.63, 3.8) is 0 Å². The number of aromatic hydroxyl groups is 1. The lowest BCUT2D eigenvalue weighted by Gasteiger charge is -2.06. The molecule has 0 aliphatic heterocycles. The molecule has 0 atom stereocenters. The van der Waals surface area contributed by atoms with Crippen molar-refractivity contribution in [1.82, 2.24) is 5.32 Å². The van der Waals surface area contributed by atoms with E-state index < -0.39 is 9.84 Å². The molecule has 6 nitrogen and oxygen atoms in total. The highest BCUT2D eigenvalue weighted by Gasteiger charge is 2.08. The maximum atomic E-state index is 11.6. The summed E-state index contributed by atoms with van der Waals surface area (Å²) in [6, 6.07) is 4.18. The number of rotatable bonds is 5. The van der Waals surface area contributed by atoms with Crippen molar-refractivity contribution < 1.29 is 18.3 Å². The molecule has 0 bridgehead atoms. The largest absolute Gasteiger partial charge is 0.506 e. The van der Waals surface area contributed by atoms with Gasteiger partial charge in [-0.15, -0.1) is 0 Å². The number of hydrogen-bond donors (Lipinski definition) is 3. The van der Waals surface area contributed by atoms with Gasteiger partial charge in [-0.1, -0.05) is 0 Å². The number of nitrogen functional groups attached to an aromatic ring is 1. The molecule has 0 unspecified atom stereocenters. The number of carbonyl (C=O) groups excluding carboxylic acids is 1. The molecule has 0 aliphatic rings. The zero-order chi connectivity index (χ0) is 13.8. The van der Waals surface area contributed by atoms with Gasteiger partial charge in [0, 0.05) is 18.4 Å². The molecule has 1 amide bonds. The normalized spacial score (nSPS) is 11.2. The van der Waals surface area contributed by atoms with E-state index in [1.165, 1.54) is 18.2 Å². The highest BCUT2D eigenvalue weighted by Crippen LogP contribution is 2.20. The number of nitrogens with two attached hydrogens (primary N) is 1. The minimum Gasteiger partial charge on any atom is -0.506 e. The Morgan fingerprint density at radius 3 is 2.67 bits per heavy atom. The van der Waals surface area contributed by atoms with Gasteiger partial charge < -0.3 is 16.2 Å². The van der Waals surface area contributed by atoms with Gasteiger partial charge in [0.15, 0.2) is 0 Å². The number of amides is 1. The molecule has 0 heterocycles. The van der Waals surface area contributed by atoms with E-state index in [1.807, 2.05) is 0 Å². The molecule has 1 aromatic rings. The summed E-state index contributed by atoms with van der Waals surface area (Å²) in [5.41, 5.74) is 5.89. The lowest BCUT2D eigenvalue weighted by molar-refractivity contribution is 0.0953. The standard InChI is InChI=1S/C11H16N2O4S/c1-18(16,17)6-2-5-13-11(15)8-3-4-9(12)10(14)7-8/h3-4,7,14H,2,5-6,12H2,1H3,(H,13,15). The summed E-state index contributed by atoms with van der Waals surface area (Å²) in [7, 11) is -3.01. The minimum atomic E-state index is -3.01. The molecule has 18 heavy (non-hydrogen) atoms. The van der Waals surface area contributed by atoms with Gasteiger partial charge in [-0.05, 0) is 24.6 Å². The van der Waals surface area contributed by atoms with Crippen molar-refractivity contribution in [1.29, 1.82) is 0 Å². The van der Waals surface area contributed by atoms with Gasteiger partial charge in [0.05, 0.1) is 11.4 Å². The van der Waals surface area contributed by atoms with Gasteiger partial charge in [-0.2, -0.15) is 0 Å². The predicted octanol–water partition coefficient (Wildman–Crippen LogP) is 0.139. The SMILES string of the molecule is CS(=O)(=O)CCCNC(=O)c1ccc(N)c(O)c1. The van der Waals surface area contributed by atoms with Crippen LogP contribution < -0.4 is 11.1 Å². The Morgan fingerprint density at radius 1 is 1.44 bits per heavy atom. The van der Waals surface area contributed by atoms with Crippen molar-refractivity contribution in [2.75, 3.05) is 24.3 Å². The third-order valence-electron chi connectivity index (χ3n) is 2.27. The number of phenols is 1. The zero-order valence-corrected chi connectivity index (χ0v) is 10.8. The van der Waals surface area contributed by atoms with Crippen LogP contribution in [0.15, 0.2) is 18.2 Å². The lowest BCUT2D eigenvalue weighted by Crippen LogP contribution is -2.25. The number of anilines is 1. The average molecular weight is 272 g/mol. The smallest absolute Gasteiger partial charge is 0.251 e. The van der Waals surface area contributed by atoms with Gasteiger partial charge in [-0.25, -0.2) is 8.42 Å². The van der Waals surface area contributed by atoms with E-state index in [-0.39, 0.29) is 35.2 Å². The highest BCUT2D eigenvalue weighted by atomic mass is 32.2. The molecule has 0 spiro atoms. The average Bonchev–Trinajstić information content (AvgIpc) is 2.26. The molecule has 7 heteroatoms. The molecule has 0 saturated carbocycles. The Kier molecular flexibility index (Phi) is 4.55. The topological polar surface area (TPSA) is 109 Å². The second-order valence-electron chi connectivity index (χ2n) is 4.01. The Bertz CT molecular complexity index is 540. The first-order valence-corrected chi connectivity index (χ1v) is 7.40. The molecule has 100 valence electrons. The first-order chi connectivity index (χ1) is 8.29. The first-order valence-electron chi connectivity index (χ1n) is 5.34. The maximum Gasteiger partial charge on any atom is 0.251 e. The van der Waals surface area contributed by atoms with E-state index in [9.17, 15) is 18.3 Å². The van der Waals surface area contributed by atoms with E-state index in [0.717, 1.165) is 6.26 Å². The van der Waals surface area contributed by atoms with Crippen LogP contribution in [0.1, 0.15) is 16.8 Å². The fourth-order valence-electron chi connectivity index (χ4n) is 1.32. The van der Waals surface area contributed by atoms with Crippen molar-refractivity contribution in [2.45, 2.75) is 6.42 Å². The van der Waals surface area contributed by atoms with Crippen molar-refractivity contribution in [3.8, 4) is 5.75 Å². The molecule has 1 aromatic carbocycles. The predicted molar refractivity (Wildman–Crippen MR) is 69.2 cm³/mol. The van der Waals surface area contributed by atoms with Gasteiger partial charge in [0.1, 0.15) is 15.6 Å². The van der Waals surface area contributed by atoms with Crippen LogP contribution in [0.3, 0.4) is 0 Å². The summed E-state index contributed by atoms with van der Waals surface area (Å²) in [6.45, 7) is 0.261. The maximum absolute atomic E-state index is 11.6. The highest BCUT2D eigenvalue weighted by molar-refractivity contribution is 7.90. The number of phenolic OH excluding ortho intramolecular Hbond substituents is 1. The molecular formula is C11H16N2O4S. The molecule has 0 aliphatic carbocycles. The Hall–Kier alpha value is -1.76. The van der Waals surface area contributed by atoms with E-state index in [1.54, 1.807) is 0 Å². The molecule has 0 fully saturated rings. The van der Waals surface area contributed by atoms with Crippen LogP contribution in [0.25, 0.3) is 0 Å². The number of carbonyl (C=O) groups is 1. The Balaban J connectivity index is 2.48. The van der Waals surface area contributed by atoms with E-state index in [2.05, 4.69) is 5.32 Å². The summed E-state index contributed by atoms with van der Waals surface area (Å²) >= 11 is 0. The molecule has 0 saturated heterocycles. The van der Waals surface area contributed by atoms with Crippen molar-refractivity contribution in [2.24, 2.45) is 0 Å². The van der Waals surface area contributed by atoms with Gasteiger partial charge >= 0.3 is 0 Å². The minimum absolute atomic E-state index is 0.0280. The number of hydrogen-bond acceptors (Lipinski definition) is 5. The van der Waals surface area contributed by atoms with E-state index in [4.69, 9.17) is 5.73 Å². The summed E-state index contributed by atoms with van der Waals surface area (Å²) in [4.78, 5) is 11.6. The number of benzene rings is 1. The Morgan fingerprint density at radius 2 is 2.11 bits per heavy atom. The van der Waals surface area contributed by atoms with Crippen LogP contribution in [0, 0.1) is 0 Å². The fraction of sp³-hybridized carbons (Fsp3) is 0.364. The van der Waals surface area contributed by atoms with Crippen LogP contribution in [0.4, 0.5) is 5.69 Å². The van der Waals surface area contributed by atoms with Crippen molar-refractivity contribution in [3.05, 3.63) is 23.8 Å². The Labute approximate surface area is 106 Å². The summed E-state index contributed by atoms with van der Waals surface area (Å²) in [6.07, 6.45) is 1.50. The van der Waals surface area contributed by atoms with Crippen molar-refractivity contribution >= 4 is 21.4 Å². The summed E-state index contributed by atoms with van der Waals surface area (Å²) in [5, 5.41) is 11.9. The second kappa shape index (κ2) is 5.72. The number of sulfone groups is 1. The van der Waals surface area contributed by atoms with Crippen LogP contribution >= 0.6 is 0 Å². The molecule has 1 rings (SSSR count). The van der Waals surface area contributed by atoms with E-state index in [0.29, 0.717) is 6.42 Å². The van der Waals surface area contributed by atoms with Gasteiger partial charge in [0.2, 0.25) is 0 Å². The van der Waals surface area contributed by atoms with Crippen LogP contribution in [0.2, 0.25) is 0 Å². The number of nitrogens with one attached hydrogen (secondary N) is 1. The third-order valence-corrected chi connectivity index (χ3v) is 3.30. The molecule has 0 aromatic heterocycles. The van der Waals surface area contributed by atoms with Gasteiger partial charge in [0.25, 0.3) is 5.91 Å². The van der Waals surface area contributed by atoms with Crippen LogP contribution in [0.5, 0.6) is 5.75 Å². The monoisotopic (exact) mass is 272 g/mol. The van der Waals surface area contributed by atoms with E-state index >= 15 is 0 Å². The lowest BCUT2D eigenvalue weighted by atomic mass is 10.2. The molecule has 0 radical (unpaired) electrons. The quantitative estimate of drug-likeness (QED) is 0.401.